The molecule has 1 aromatic rings. The van der Waals surface area contributed by atoms with Crippen molar-refractivity contribution in [1.82, 2.24) is 0 Å². The third-order valence-electron chi connectivity index (χ3n) is 3.39. The number of nitrogens with zero attached hydrogens (tertiary/aromatic N) is 1. The molecule has 6 nitrogen and oxygen atoms in total. The summed E-state index contributed by atoms with van der Waals surface area (Å²) in [6.45, 7) is 3.71. The summed E-state index contributed by atoms with van der Waals surface area (Å²) in [6.07, 6.45) is -0.379. The number of anilines is 1. The maximum absolute atomic E-state index is 12.3. The Labute approximate surface area is 117 Å². The van der Waals surface area contributed by atoms with Crippen LogP contribution in [0.5, 0.6) is 5.75 Å². The number of rotatable bonds is 4. The van der Waals surface area contributed by atoms with Crippen LogP contribution in [0.2, 0.25) is 0 Å². The smallest absolute Gasteiger partial charge is 0.326 e. The first-order chi connectivity index (χ1) is 9.49. The third-order valence-corrected chi connectivity index (χ3v) is 3.39. The molecular formula is C14H18N2O4. The molecule has 0 radical (unpaired) electrons. The standard InChI is InChI=1S/C14H18N2O4/c1-3-10(14(18)19)16-11-5-4-9(7-15)6-12(11)20-8(2)13(16)17/h4-6,8,10H,3,7,15H2,1-2H3,(H,18,19). The molecule has 0 saturated heterocycles. The van der Waals surface area contributed by atoms with Crippen molar-refractivity contribution in [1.29, 1.82) is 0 Å². The lowest BCUT2D eigenvalue weighted by atomic mass is 10.1. The lowest BCUT2D eigenvalue weighted by Gasteiger charge is -2.36. The van der Waals surface area contributed by atoms with Crippen molar-refractivity contribution in [2.45, 2.75) is 39.0 Å². The molecule has 0 aliphatic carbocycles. The molecule has 2 rings (SSSR count). The van der Waals surface area contributed by atoms with E-state index < -0.39 is 18.1 Å². The third kappa shape index (κ3) is 2.34. The Kier molecular flexibility index (Phi) is 3.94. The van der Waals surface area contributed by atoms with Crippen LogP contribution in [0.15, 0.2) is 18.2 Å². The van der Waals surface area contributed by atoms with Crippen molar-refractivity contribution in [2.24, 2.45) is 5.73 Å². The van der Waals surface area contributed by atoms with Crippen LogP contribution in [0.25, 0.3) is 0 Å². The number of fused-ring (bicyclic) bond motifs is 1. The van der Waals surface area contributed by atoms with Gasteiger partial charge >= 0.3 is 5.97 Å². The fraction of sp³-hybridized carbons (Fsp3) is 0.429. The Morgan fingerprint density at radius 1 is 1.55 bits per heavy atom. The maximum atomic E-state index is 12.3. The number of aliphatic carboxylic acids is 1. The molecule has 108 valence electrons. The van der Waals surface area contributed by atoms with E-state index in [1.807, 2.05) is 0 Å². The lowest BCUT2D eigenvalue weighted by Crippen LogP contribution is -2.52. The highest BCUT2D eigenvalue weighted by Crippen LogP contribution is 2.36. The fourth-order valence-electron chi connectivity index (χ4n) is 2.32. The highest BCUT2D eigenvalue weighted by molar-refractivity contribution is 6.04. The van der Waals surface area contributed by atoms with Gasteiger partial charge in [0.25, 0.3) is 5.91 Å². The number of hydrogen-bond acceptors (Lipinski definition) is 4. The molecule has 20 heavy (non-hydrogen) atoms. The molecule has 3 N–H and O–H groups in total. The molecule has 2 unspecified atom stereocenters. The maximum Gasteiger partial charge on any atom is 0.326 e. The molecular weight excluding hydrogens is 260 g/mol. The summed E-state index contributed by atoms with van der Waals surface area (Å²) in [5.41, 5.74) is 6.94. The number of carboxylic acid groups (broad SMARTS) is 1. The van der Waals surface area contributed by atoms with Crippen molar-refractivity contribution in [3.05, 3.63) is 23.8 Å². The monoisotopic (exact) mass is 278 g/mol. The van der Waals surface area contributed by atoms with Gasteiger partial charge in [-0.05, 0) is 31.0 Å². The summed E-state index contributed by atoms with van der Waals surface area (Å²) in [7, 11) is 0. The number of carboxylic acids is 1. The Morgan fingerprint density at radius 2 is 2.25 bits per heavy atom. The molecule has 0 fully saturated rings. The number of amides is 1. The Balaban J connectivity index is 2.51. The highest BCUT2D eigenvalue weighted by atomic mass is 16.5. The Hall–Kier alpha value is -2.08. The first-order valence-electron chi connectivity index (χ1n) is 6.55. The van der Waals surface area contributed by atoms with Crippen LogP contribution in [0.4, 0.5) is 5.69 Å². The van der Waals surface area contributed by atoms with Crippen LogP contribution in [-0.4, -0.2) is 29.1 Å². The summed E-state index contributed by atoms with van der Waals surface area (Å²) in [5, 5.41) is 9.30. The van der Waals surface area contributed by atoms with Crippen molar-refractivity contribution in [2.75, 3.05) is 4.90 Å². The normalized spacial score (nSPS) is 19.2. The van der Waals surface area contributed by atoms with Crippen molar-refractivity contribution >= 4 is 17.6 Å². The molecule has 1 amide bonds. The lowest BCUT2D eigenvalue weighted by molar-refractivity contribution is -0.141. The van der Waals surface area contributed by atoms with E-state index in [-0.39, 0.29) is 5.91 Å². The van der Waals surface area contributed by atoms with Gasteiger partial charge in [0.2, 0.25) is 0 Å². The number of hydrogen-bond donors (Lipinski definition) is 2. The summed E-state index contributed by atoms with van der Waals surface area (Å²) >= 11 is 0. The average Bonchev–Trinajstić information content (AvgIpc) is 2.42. The van der Waals surface area contributed by atoms with E-state index in [0.29, 0.717) is 24.4 Å². The van der Waals surface area contributed by atoms with E-state index in [0.717, 1.165) is 5.56 Å². The van der Waals surface area contributed by atoms with E-state index in [1.54, 1.807) is 32.0 Å². The predicted octanol–water partition coefficient (Wildman–Crippen LogP) is 1.12. The molecule has 0 spiro atoms. The van der Waals surface area contributed by atoms with Gasteiger partial charge in [0, 0.05) is 6.54 Å². The van der Waals surface area contributed by atoms with Gasteiger partial charge in [-0.15, -0.1) is 0 Å². The number of ether oxygens (including phenoxy) is 1. The molecule has 1 aromatic carbocycles. The van der Waals surface area contributed by atoms with Crippen LogP contribution in [0, 0.1) is 0 Å². The molecule has 0 aromatic heterocycles. The van der Waals surface area contributed by atoms with Crippen LogP contribution in [0.1, 0.15) is 25.8 Å². The molecule has 0 bridgehead atoms. The largest absolute Gasteiger partial charge is 0.480 e. The number of benzene rings is 1. The van der Waals surface area contributed by atoms with Gasteiger partial charge in [-0.1, -0.05) is 13.0 Å². The number of carbonyl (C=O) groups is 2. The van der Waals surface area contributed by atoms with E-state index in [1.165, 1.54) is 4.90 Å². The zero-order valence-corrected chi connectivity index (χ0v) is 11.5. The summed E-state index contributed by atoms with van der Waals surface area (Å²) in [4.78, 5) is 24.9. The topological polar surface area (TPSA) is 92.9 Å². The van der Waals surface area contributed by atoms with Gasteiger partial charge in [-0.3, -0.25) is 9.69 Å². The van der Waals surface area contributed by atoms with Crippen LogP contribution in [-0.2, 0) is 16.1 Å². The molecule has 1 heterocycles. The minimum absolute atomic E-state index is 0.325. The summed E-state index contributed by atoms with van der Waals surface area (Å²) in [5.74, 6) is -0.865. The second-order valence-electron chi connectivity index (χ2n) is 4.74. The van der Waals surface area contributed by atoms with E-state index >= 15 is 0 Å². The number of nitrogens with two attached hydrogens (primary N) is 1. The minimum Gasteiger partial charge on any atom is -0.480 e. The minimum atomic E-state index is -1.02. The van der Waals surface area contributed by atoms with Gasteiger partial charge in [0.15, 0.2) is 6.10 Å². The average molecular weight is 278 g/mol. The summed E-state index contributed by atoms with van der Waals surface area (Å²) in [6, 6.07) is 4.32. The summed E-state index contributed by atoms with van der Waals surface area (Å²) < 4.78 is 5.55. The molecule has 2 atom stereocenters. The quantitative estimate of drug-likeness (QED) is 0.861. The molecule has 0 saturated carbocycles. The van der Waals surface area contributed by atoms with Crippen molar-refractivity contribution in [3.63, 3.8) is 0 Å². The zero-order valence-electron chi connectivity index (χ0n) is 11.5. The first kappa shape index (κ1) is 14.3. The van der Waals surface area contributed by atoms with Gasteiger partial charge in [-0.25, -0.2) is 4.79 Å². The van der Waals surface area contributed by atoms with Crippen LogP contribution >= 0.6 is 0 Å². The van der Waals surface area contributed by atoms with E-state index in [9.17, 15) is 14.7 Å². The zero-order chi connectivity index (χ0) is 14.9. The van der Waals surface area contributed by atoms with E-state index in [4.69, 9.17) is 10.5 Å². The fourth-order valence-corrected chi connectivity index (χ4v) is 2.32. The van der Waals surface area contributed by atoms with Crippen molar-refractivity contribution in [3.8, 4) is 5.75 Å². The SMILES string of the molecule is CCC(C(=O)O)N1C(=O)C(C)Oc2cc(CN)ccc21. The van der Waals surface area contributed by atoms with Gasteiger partial charge in [-0.2, -0.15) is 0 Å². The highest BCUT2D eigenvalue weighted by Gasteiger charge is 2.38. The Bertz CT molecular complexity index is 544. The second kappa shape index (κ2) is 5.50. The van der Waals surface area contributed by atoms with Gasteiger partial charge in [0.05, 0.1) is 5.69 Å². The second-order valence-corrected chi connectivity index (χ2v) is 4.74. The van der Waals surface area contributed by atoms with E-state index in [2.05, 4.69) is 0 Å². The first-order valence-corrected chi connectivity index (χ1v) is 6.55. The Morgan fingerprint density at radius 3 is 2.80 bits per heavy atom. The number of carbonyl (C=O) groups excluding carboxylic acids is 1. The molecule has 1 aliphatic heterocycles. The van der Waals surface area contributed by atoms with Gasteiger partial charge < -0.3 is 15.6 Å². The van der Waals surface area contributed by atoms with Crippen LogP contribution < -0.4 is 15.4 Å². The predicted molar refractivity (Wildman–Crippen MR) is 73.6 cm³/mol. The molecule has 6 heteroatoms. The van der Waals surface area contributed by atoms with Gasteiger partial charge in [0.1, 0.15) is 11.8 Å². The van der Waals surface area contributed by atoms with Crippen LogP contribution in [0.3, 0.4) is 0 Å². The molecule has 1 aliphatic rings. The van der Waals surface area contributed by atoms with Crippen molar-refractivity contribution < 1.29 is 19.4 Å².